The fraction of sp³-hybridized carbons (Fsp3) is 0.217. The predicted molar refractivity (Wildman–Crippen MR) is 111 cm³/mol. The minimum absolute atomic E-state index is 0.0541. The number of carbonyl (C=O) groups excluding carboxylic acids is 1. The molecule has 0 radical (unpaired) electrons. The normalized spacial score (nSPS) is 13.3. The maximum Gasteiger partial charge on any atom is 0.279 e. The maximum atomic E-state index is 13.5. The predicted octanol–water partition coefficient (Wildman–Crippen LogP) is 3.40. The molecular formula is C23H20FN5O2. The van der Waals surface area contributed by atoms with E-state index in [1.165, 1.54) is 12.1 Å². The standard InChI is InChI=1S/C23H20FN5O2/c1-28-19-10-11-29(20(30)13-15-6-5-9-17(24)12-15)14-18(19)21(26-28)23-25-22(27-31-23)16-7-3-2-4-8-16/h2-9,12H,10-11,13-14H2,1H3. The second-order valence-electron chi connectivity index (χ2n) is 7.56. The van der Waals surface area contributed by atoms with Gasteiger partial charge in [0.2, 0.25) is 11.7 Å². The van der Waals surface area contributed by atoms with Crippen LogP contribution in [0, 0.1) is 5.82 Å². The van der Waals surface area contributed by atoms with Crippen LogP contribution in [0.15, 0.2) is 59.1 Å². The highest BCUT2D eigenvalue weighted by molar-refractivity contribution is 5.79. The van der Waals surface area contributed by atoms with E-state index in [4.69, 9.17) is 4.52 Å². The number of amides is 1. The average molecular weight is 417 g/mol. The van der Waals surface area contributed by atoms with Gasteiger partial charge >= 0.3 is 0 Å². The molecule has 0 saturated heterocycles. The van der Waals surface area contributed by atoms with Crippen LogP contribution in [0.2, 0.25) is 0 Å². The van der Waals surface area contributed by atoms with Crippen molar-refractivity contribution in [1.29, 1.82) is 0 Å². The van der Waals surface area contributed by atoms with E-state index in [-0.39, 0.29) is 18.1 Å². The molecule has 4 aromatic rings. The molecule has 0 bridgehead atoms. The summed E-state index contributed by atoms with van der Waals surface area (Å²) in [7, 11) is 1.88. The molecule has 2 aromatic carbocycles. The molecule has 0 aliphatic carbocycles. The fourth-order valence-corrected chi connectivity index (χ4v) is 3.93. The highest BCUT2D eigenvalue weighted by Gasteiger charge is 2.29. The van der Waals surface area contributed by atoms with Crippen molar-refractivity contribution >= 4 is 5.91 Å². The lowest BCUT2D eigenvalue weighted by Gasteiger charge is -2.27. The van der Waals surface area contributed by atoms with Crippen LogP contribution in [-0.4, -0.2) is 37.3 Å². The third-order valence-corrected chi connectivity index (χ3v) is 5.50. The first-order valence-corrected chi connectivity index (χ1v) is 10.0. The molecule has 2 aromatic heterocycles. The highest BCUT2D eigenvalue weighted by atomic mass is 19.1. The summed E-state index contributed by atoms with van der Waals surface area (Å²) < 4.78 is 20.8. The van der Waals surface area contributed by atoms with E-state index in [0.29, 0.717) is 42.5 Å². The minimum atomic E-state index is -0.341. The zero-order valence-electron chi connectivity index (χ0n) is 17.0. The van der Waals surface area contributed by atoms with Crippen LogP contribution in [-0.2, 0) is 31.2 Å². The monoisotopic (exact) mass is 417 g/mol. The zero-order chi connectivity index (χ0) is 21.4. The summed E-state index contributed by atoms with van der Waals surface area (Å²) in [4.78, 5) is 19.1. The van der Waals surface area contributed by atoms with Crippen molar-refractivity contribution in [2.75, 3.05) is 6.54 Å². The van der Waals surface area contributed by atoms with Gasteiger partial charge in [-0.3, -0.25) is 9.48 Å². The van der Waals surface area contributed by atoms with Crippen molar-refractivity contribution in [3.05, 3.63) is 77.2 Å². The molecule has 0 spiro atoms. The van der Waals surface area contributed by atoms with Gasteiger partial charge in [-0.1, -0.05) is 47.6 Å². The van der Waals surface area contributed by atoms with Crippen LogP contribution in [0.4, 0.5) is 4.39 Å². The van der Waals surface area contributed by atoms with Crippen molar-refractivity contribution in [3.63, 3.8) is 0 Å². The lowest BCUT2D eigenvalue weighted by molar-refractivity contribution is -0.131. The molecule has 7 nitrogen and oxygen atoms in total. The number of aromatic nitrogens is 4. The number of aryl methyl sites for hydroxylation is 1. The van der Waals surface area contributed by atoms with Crippen molar-refractivity contribution < 1.29 is 13.7 Å². The zero-order valence-corrected chi connectivity index (χ0v) is 17.0. The smallest absolute Gasteiger partial charge is 0.279 e. The van der Waals surface area contributed by atoms with Crippen LogP contribution < -0.4 is 0 Å². The Hall–Kier alpha value is -3.81. The molecule has 156 valence electrons. The molecule has 0 unspecified atom stereocenters. The Labute approximate surface area is 178 Å². The second-order valence-corrected chi connectivity index (χ2v) is 7.56. The number of carbonyl (C=O) groups is 1. The molecule has 5 rings (SSSR count). The number of hydrogen-bond acceptors (Lipinski definition) is 5. The third-order valence-electron chi connectivity index (χ3n) is 5.50. The van der Waals surface area contributed by atoms with Crippen LogP contribution in [0.25, 0.3) is 23.0 Å². The van der Waals surface area contributed by atoms with Gasteiger partial charge in [-0.05, 0) is 17.7 Å². The Balaban J connectivity index is 1.40. The van der Waals surface area contributed by atoms with Crippen molar-refractivity contribution in [2.45, 2.75) is 19.4 Å². The fourth-order valence-electron chi connectivity index (χ4n) is 3.93. The number of hydrogen-bond donors (Lipinski definition) is 0. The molecule has 31 heavy (non-hydrogen) atoms. The number of benzene rings is 2. The first-order chi connectivity index (χ1) is 15.1. The van der Waals surface area contributed by atoms with Crippen LogP contribution in [0.3, 0.4) is 0 Å². The Bertz CT molecular complexity index is 1250. The van der Waals surface area contributed by atoms with Gasteiger partial charge in [0.25, 0.3) is 5.89 Å². The van der Waals surface area contributed by atoms with Crippen LogP contribution in [0.5, 0.6) is 0 Å². The molecule has 3 heterocycles. The molecule has 0 saturated carbocycles. The third kappa shape index (κ3) is 3.72. The first kappa shape index (κ1) is 19.2. The summed E-state index contributed by atoms with van der Waals surface area (Å²) in [6, 6.07) is 15.7. The van der Waals surface area contributed by atoms with Crippen molar-refractivity contribution in [2.24, 2.45) is 7.05 Å². The SMILES string of the molecule is Cn1nc(-c2nc(-c3ccccc3)no2)c2c1CCN(C(=O)Cc1cccc(F)c1)C2. The van der Waals surface area contributed by atoms with Crippen LogP contribution in [0.1, 0.15) is 16.8 Å². The summed E-state index contributed by atoms with van der Waals surface area (Å²) in [5.41, 5.74) is 4.06. The van der Waals surface area contributed by atoms with Gasteiger partial charge in [-0.25, -0.2) is 4.39 Å². The van der Waals surface area contributed by atoms with E-state index in [1.54, 1.807) is 17.0 Å². The lowest BCUT2D eigenvalue weighted by atomic mass is 10.0. The van der Waals surface area contributed by atoms with E-state index in [2.05, 4.69) is 15.2 Å². The second kappa shape index (κ2) is 7.79. The van der Waals surface area contributed by atoms with Gasteiger partial charge in [0.15, 0.2) is 5.69 Å². The number of fused-ring (bicyclic) bond motifs is 1. The average Bonchev–Trinajstić information content (AvgIpc) is 3.39. The molecule has 0 atom stereocenters. The van der Waals surface area contributed by atoms with Gasteiger partial charge < -0.3 is 9.42 Å². The summed E-state index contributed by atoms with van der Waals surface area (Å²) in [6.07, 6.45) is 0.828. The summed E-state index contributed by atoms with van der Waals surface area (Å²) >= 11 is 0. The van der Waals surface area contributed by atoms with Crippen molar-refractivity contribution in [3.8, 4) is 23.0 Å². The number of halogens is 1. The van der Waals surface area contributed by atoms with E-state index in [9.17, 15) is 9.18 Å². The molecule has 8 heteroatoms. The van der Waals surface area contributed by atoms with E-state index < -0.39 is 0 Å². The number of nitrogens with zero attached hydrogens (tertiary/aromatic N) is 5. The topological polar surface area (TPSA) is 77.1 Å². The van der Waals surface area contributed by atoms with Gasteiger partial charge in [0, 0.05) is 43.4 Å². The summed E-state index contributed by atoms with van der Waals surface area (Å²) in [6.45, 7) is 0.981. The molecule has 1 amide bonds. The van der Waals surface area contributed by atoms with Gasteiger partial charge in [-0.15, -0.1) is 0 Å². The van der Waals surface area contributed by atoms with E-state index in [0.717, 1.165) is 16.8 Å². The Kier molecular flexibility index (Phi) is 4.82. The highest BCUT2D eigenvalue weighted by Crippen LogP contribution is 2.30. The van der Waals surface area contributed by atoms with Gasteiger partial charge in [-0.2, -0.15) is 10.1 Å². The quantitative estimate of drug-likeness (QED) is 0.509. The van der Waals surface area contributed by atoms with Gasteiger partial charge in [0.1, 0.15) is 5.82 Å². The lowest BCUT2D eigenvalue weighted by Crippen LogP contribution is -2.37. The molecule has 0 fully saturated rings. The van der Waals surface area contributed by atoms with E-state index >= 15 is 0 Å². The number of rotatable bonds is 4. The molecular weight excluding hydrogens is 397 g/mol. The first-order valence-electron chi connectivity index (χ1n) is 10.0. The molecule has 1 aliphatic rings. The molecule has 0 N–H and O–H groups in total. The van der Waals surface area contributed by atoms with Crippen LogP contribution >= 0.6 is 0 Å². The largest absolute Gasteiger partial charge is 0.338 e. The summed E-state index contributed by atoms with van der Waals surface area (Å²) in [5, 5.41) is 8.68. The minimum Gasteiger partial charge on any atom is -0.338 e. The van der Waals surface area contributed by atoms with Crippen molar-refractivity contribution in [1.82, 2.24) is 24.8 Å². The van der Waals surface area contributed by atoms with Gasteiger partial charge in [0.05, 0.1) is 6.42 Å². The summed E-state index contributed by atoms with van der Waals surface area (Å²) in [5.74, 6) is 0.424. The maximum absolute atomic E-state index is 13.5. The molecule has 1 aliphatic heterocycles. The Morgan fingerprint density at radius 2 is 2.00 bits per heavy atom. The Morgan fingerprint density at radius 3 is 2.81 bits per heavy atom. The Morgan fingerprint density at radius 1 is 1.16 bits per heavy atom. The van der Waals surface area contributed by atoms with E-state index in [1.807, 2.05) is 42.1 Å².